The minimum absolute atomic E-state index is 0.244. The van der Waals surface area contributed by atoms with Gasteiger partial charge in [-0.15, -0.1) is 0 Å². The van der Waals surface area contributed by atoms with E-state index in [1.807, 2.05) is 17.9 Å². The molecule has 1 aromatic rings. The van der Waals surface area contributed by atoms with Crippen molar-refractivity contribution >= 4 is 11.8 Å². The van der Waals surface area contributed by atoms with Crippen LogP contribution in [0.15, 0.2) is 6.07 Å². The summed E-state index contributed by atoms with van der Waals surface area (Å²) >= 11 is 0. The van der Waals surface area contributed by atoms with Crippen LogP contribution in [-0.4, -0.2) is 34.3 Å². The number of aliphatic hydroxyl groups excluding tert-OH is 1. The number of hydrogen-bond acceptors (Lipinski definition) is 5. The summed E-state index contributed by atoms with van der Waals surface area (Å²) in [5, 5.41) is 9.38. The Labute approximate surface area is 82.6 Å². The predicted octanol–water partition coefficient (Wildman–Crippen LogP) is -0.0618. The number of β-amino-alcohol motifs (C(OH)–C–C–N with tert-alkyl or cyclic N) is 1. The van der Waals surface area contributed by atoms with E-state index >= 15 is 0 Å². The second-order valence-corrected chi connectivity index (χ2v) is 3.61. The largest absolute Gasteiger partial charge is 0.391 e. The fourth-order valence-electron chi connectivity index (χ4n) is 1.69. The van der Waals surface area contributed by atoms with E-state index in [4.69, 9.17) is 5.73 Å². The molecule has 3 N–H and O–H groups in total. The Morgan fingerprint density at radius 3 is 2.93 bits per heavy atom. The first-order valence-electron chi connectivity index (χ1n) is 4.69. The van der Waals surface area contributed by atoms with Crippen molar-refractivity contribution in [2.75, 3.05) is 23.7 Å². The van der Waals surface area contributed by atoms with E-state index in [0.29, 0.717) is 12.5 Å². The van der Waals surface area contributed by atoms with Crippen molar-refractivity contribution in [3.8, 4) is 0 Å². The molecule has 2 heterocycles. The van der Waals surface area contributed by atoms with Crippen LogP contribution in [-0.2, 0) is 0 Å². The Kier molecular flexibility index (Phi) is 2.25. The zero-order valence-electron chi connectivity index (χ0n) is 8.14. The van der Waals surface area contributed by atoms with Crippen molar-refractivity contribution in [2.24, 2.45) is 0 Å². The van der Waals surface area contributed by atoms with Gasteiger partial charge in [-0.2, -0.15) is 4.98 Å². The number of aromatic nitrogens is 2. The van der Waals surface area contributed by atoms with Crippen molar-refractivity contribution in [3.05, 3.63) is 11.8 Å². The molecule has 14 heavy (non-hydrogen) atoms. The number of hydrogen-bond donors (Lipinski definition) is 2. The molecule has 2 rings (SSSR count). The maximum Gasteiger partial charge on any atom is 0.222 e. The Morgan fingerprint density at radius 1 is 1.57 bits per heavy atom. The van der Waals surface area contributed by atoms with Crippen molar-refractivity contribution in [1.29, 1.82) is 0 Å². The summed E-state index contributed by atoms with van der Waals surface area (Å²) in [6.45, 7) is 3.35. The fraction of sp³-hybridized carbons (Fsp3) is 0.556. The zero-order valence-corrected chi connectivity index (χ0v) is 8.14. The topological polar surface area (TPSA) is 75.3 Å². The molecule has 0 aromatic carbocycles. The van der Waals surface area contributed by atoms with Crippen LogP contribution in [0.3, 0.4) is 0 Å². The molecule has 1 aromatic heterocycles. The highest BCUT2D eigenvalue weighted by Gasteiger charge is 2.21. The molecule has 1 atom stereocenters. The molecule has 1 aliphatic rings. The van der Waals surface area contributed by atoms with Crippen molar-refractivity contribution in [2.45, 2.75) is 19.4 Å². The second kappa shape index (κ2) is 3.42. The van der Waals surface area contributed by atoms with E-state index < -0.39 is 0 Å². The van der Waals surface area contributed by atoms with Gasteiger partial charge in [-0.1, -0.05) is 0 Å². The number of nitrogens with zero attached hydrogens (tertiary/aromatic N) is 3. The van der Waals surface area contributed by atoms with Gasteiger partial charge < -0.3 is 15.7 Å². The highest BCUT2D eigenvalue weighted by molar-refractivity contribution is 5.44. The lowest BCUT2D eigenvalue weighted by atomic mass is 10.3. The van der Waals surface area contributed by atoms with E-state index in [1.165, 1.54) is 0 Å². The molecule has 0 radical (unpaired) electrons. The SMILES string of the molecule is Cc1cc(N2CCC(O)C2)nc(N)n1. The first kappa shape index (κ1) is 9.21. The normalized spacial score (nSPS) is 21.6. The molecule has 1 aliphatic heterocycles. The van der Waals surface area contributed by atoms with Crippen molar-refractivity contribution < 1.29 is 5.11 Å². The van der Waals surface area contributed by atoms with Gasteiger partial charge in [0, 0.05) is 24.8 Å². The summed E-state index contributed by atoms with van der Waals surface area (Å²) in [4.78, 5) is 10.2. The van der Waals surface area contributed by atoms with E-state index in [0.717, 1.165) is 24.5 Å². The minimum Gasteiger partial charge on any atom is -0.391 e. The van der Waals surface area contributed by atoms with E-state index in [2.05, 4.69) is 9.97 Å². The van der Waals surface area contributed by atoms with E-state index in [9.17, 15) is 5.11 Å². The highest BCUT2D eigenvalue weighted by atomic mass is 16.3. The smallest absolute Gasteiger partial charge is 0.222 e. The molecular weight excluding hydrogens is 180 g/mol. The van der Waals surface area contributed by atoms with Gasteiger partial charge >= 0.3 is 0 Å². The molecule has 0 spiro atoms. The average molecular weight is 194 g/mol. The first-order valence-corrected chi connectivity index (χ1v) is 4.69. The third-order valence-corrected chi connectivity index (χ3v) is 2.35. The standard InChI is InChI=1S/C9H14N4O/c1-6-4-8(12-9(10)11-6)13-3-2-7(14)5-13/h4,7,14H,2-3,5H2,1H3,(H2,10,11,12). The molecule has 5 heteroatoms. The van der Waals surface area contributed by atoms with Crippen LogP contribution in [0.2, 0.25) is 0 Å². The van der Waals surface area contributed by atoms with Gasteiger partial charge in [0.25, 0.3) is 0 Å². The summed E-state index contributed by atoms with van der Waals surface area (Å²) in [5.41, 5.74) is 6.41. The van der Waals surface area contributed by atoms with Crippen molar-refractivity contribution in [1.82, 2.24) is 9.97 Å². The Hall–Kier alpha value is -1.36. The first-order chi connectivity index (χ1) is 6.65. The van der Waals surface area contributed by atoms with Crippen LogP contribution in [0.25, 0.3) is 0 Å². The monoisotopic (exact) mass is 194 g/mol. The molecule has 76 valence electrons. The summed E-state index contributed by atoms with van der Waals surface area (Å²) in [6, 6.07) is 1.88. The molecule has 1 fully saturated rings. The summed E-state index contributed by atoms with van der Waals surface area (Å²) in [6.07, 6.45) is 0.551. The maximum absolute atomic E-state index is 9.38. The minimum atomic E-state index is -0.244. The lowest BCUT2D eigenvalue weighted by Gasteiger charge is -2.16. The van der Waals surface area contributed by atoms with Crippen LogP contribution in [0.5, 0.6) is 0 Å². The van der Waals surface area contributed by atoms with Gasteiger partial charge in [-0.05, 0) is 13.3 Å². The Bertz CT molecular complexity index is 321. The van der Waals surface area contributed by atoms with Gasteiger partial charge in [0.1, 0.15) is 5.82 Å². The van der Waals surface area contributed by atoms with Crippen LogP contribution < -0.4 is 10.6 Å². The van der Waals surface area contributed by atoms with E-state index in [1.54, 1.807) is 0 Å². The van der Waals surface area contributed by atoms with Gasteiger partial charge in [0.05, 0.1) is 6.10 Å². The summed E-state index contributed by atoms with van der Waals surface area (Å²) < 4.78 is 0. The third-order valence-electron chi connectivity index (χ3n) is 2.35. The van der Waals surface area contributed by atoms with Crippen LogP contribution >= 0.6 is 0 Å². The number of aliphatic hydroxyl groups is 1. The third kappa shape index (κ3) is 1.77. The molecular formula is C9H14N4O. The average Bonchev–Trinajstić information content (AvgIpc) is 2.50. The molecule has 0 aliphatic carbocycles. The number of nitrogens with two attached hydrogens (primary N) is 1. The highest BCUT2D eigenvalue weighted by Crippen LogP contribution is 2.19. The Balaban J connectivity index is 2.23. The Morgan fingerprint density at radius 2 is 2.36 bits per heavy atom. The molecule has 0 amide bonds. The molecule has 0 bridgehead atoms. The molecule has 1 saturated heterocycles. The predicted molar refractivity (Wildman–Crippen MR) is 54.0 cm³/mol. The number of aryl methyl sites for hydroxylation is 1. The fourth-order valence-corrected chi connectivity index (χ4v) is 1.69. The summed E-state index contributed by atoms with van der Waals surface area (Å²) in [7, 11) is 0. The maximum atomic E-state index is 9.38. The van der Waals surface area contributed by atoms with Gasteiger partial charge in [-0.25, -0.2) is 4.98 Å². The molecule has 5 nitrogen and oxygen atoms in total. The lowest BCUT2D eigenvalue weighted by Crippen LogP contribution is -2.22. The van der Waals surface area contributed by atoms with Gasteiger partial charge in [-0.3, -0.25) is 0 Å². The second-order valence-electron chi connectivity index (χ2n) is 3.61. The lowest BCUT2D eigenvalue weighted by molar-refractivity contribution is 0.198. The van der Waals surface area contributed by atoms with Crippen LogP contribution in [0, 0.1) is 6.92 Å². The van der Waals surface area contributed by atoms with Gasteiger partial charge in [0.15, 0.2) is 0 Å². The molecule has 1 unspecified atom stereocenters. The number of nitrogen functional groups attached to an aromatic ring is 1. The summed E-state index contributed by atoms with van der Waals surface area (Å²) in [5.74, 6) is 1.10. The number of rotatable bonds is 1. The quantitative estimate of drug-likeness (QED) is 0.655. The van der Waals surface area contributed by atoms with Crippen LogP contribution in [0.4, 0.5) is 11.8 Å². The van der Waals surface area contributed by atoms with Gasteiger partial charge in [0.2, 0.25) is 5.95 Å². The van der Waals surface area contributed by atoms with Crippen molar-refractivity contribution in [3.63, 3.8) is 0 Å². The number of anilines is 2. The van der Waals surface area contributed by atoms with E-state index in [-0.39, 0.29) is 6.10 Å². The van der Waals surface area contributed by atoms with Crippen LogP contribution in [0.1, 0.15) is 12.1 Å². The zero-order chi connectivity index (χ0) is 10.1. The molecule has 0 saturated carbocycles.